The Morgan fingerprint density at radius 1 is 1.18 bits per heavy atom. The number of rotatable bonds is 4. The van der Waals surface area contributed by atoms with Crippen LogP contribution in [0.3, 0.4) is 0 Å². The minimum atomic E-state index is -0.516. The Hall–Kier alpha value is -1.74. The second kappa shape index (κ2) is 5.55. The zero-order valence-corrected chi connectivity index (χ0v) is 9.87. The van der Waals surface area contributed by atoms with Gasteiger partial charge in [-0.05, 0) is 35.7 Å². The van der Waals surface area contributed by atoms with Crippen LogP contribution in [0.1, 0.15) is 29.8 Å². The fourth-order valence-corrected chi connectivity index (χ4v) is 1.69. The Morgan fingerprint density at radius 3 is 2.53 bits per heavy atom. The zero-order chi connectivity index (χ0) is 12.1. The molecule has 0 radical (unpaired) electrons. The Morgan fingerprint density at radius 2 is 1.94 bits per heavy atom. The molecule has 0 saturated heterocycles. The number of pyridine rings is 2. The van der Waals surface area contributed by atoms with Crippen molar-refractivity contribution in [1.82, 2.24) is 9.97 Å². The van der Waals surface area contributed by atoms with Crippen LogP contribution in [-0.2, 0) is 12.8 Å². The molecule has 0 aliphatic rings. The summed E-state index contributed by atoms with van der Waals surface area (Å²) >= 11 is 0. The number of hydrogen-bond donors (Lipinski definition) is 1. The summed E-state index contributed by atoms with van der Waals surface area (Å²) < 4.78 is 0. The topological polar surface area (TPSA) is 46.0 Å². The average molecular weight is 228 g/mol. The van der Waals surface area contributed by atoms with E-state index < -0.39 is 6.10 Å². The highest BCUT2D eigenvalue weighted by atomic mass is 16.3. The van der Waals surface area contributed by atoms with Crippen molar-refractivity contribution >= 4 is 0 Å². The standard InChI is InChI=1S/C14H16N2O/c1-2-11-3-4-13(16-10-11)9-14(17)12-5-7-15-8-6-12/h3-8,10,14,17H,2,9H2,1H3. The minimum absolute atomic E-state index is 0.516. The lowest BCUT2D eigenvalue weighted by atomic mass is 10.1. The molecule has 2 rings (SSSR count). The van der Waals surface area contributed by atoms with Crippen LogP contribution in [0.25, 0.3) is 0 Å². The van der Waals surface area contributed by atoms with E-state index in [4.69, 9.17) is 0 Å². The van der Waals surface area contributed by atoms with E-state index in [1.165, 1.54) is 5.56 Å². The summed E-state index contributed by atoms with van der Waals surface area (Å²) in [7, 11) is 0. The molecule has 0 amide bonds. The molecule has 3 nitrogen and oxygen atoms in total. The monoisotopic (exact) mass is 228 g/mol. The average Bonchev–Trinajstić information content (AvgIpc) is 2.40. The fraction of sp³-hybridized carbons (Fsp3) is 0.286. The van der Waals surface area contributed by atoms with Crippen LogP contribution in [-0.4, -0.2) is 15.1 Å². The van der Waals surface area contributed by atoms with Crippen molar-refractivity contribution in [3.8, 4) is 0 Å². The van der Waals surface area contributed by atoms with Gasteiger partial charge in [0.1, 0.15) is 0 Å². The molecule has 0 saturated carbocycles. The van der Waals surface area contributed by atoms with E-state index in [0.29, 0.717) is 6.42 Å². The Labute approximate surface area is 101 Å². The molecule has 2 heterocycles. The Bertz CT molecular complexity index is 453. The first-order valence-electron chi connectivity index (χ1n) is 5.81. The van der Waals surface area contributed by atoms with Gasteiger partial charge in [-0.2, -0.15) is 0 Å². The normalized spacial score (nSPS) is 12.4. The molecular weight excluding hydrogens is 212 g/mol. The quantitative estimate of drug-likeness (QED) is 0.873. The predicted octanol–water partition coefficient (Wildman–Crippen LogP) is 2.32. The van der Waals surface area contributed by atoms with Crippen molar-refractivity contribution in [3.05, 3.63) is 59.7 Å². The van der Waals surface area contributed by atoms with Gasteiger partial charge in [-0.3, -0.25) is 9.97 Å². The first kappa shape index (κ1) is 11.7. The summed E-state index contributed by atoms with van der Waals surface area (Å²) in [5.41, 5.74) is 3.00. The molecule has 1 unspecified atom stereocenters. The van der Waals surface area contributed by atoms with Crippen LogP contribution in [0.2, 0.25) is 0 Å². The van der Waals surface area contributed by atoms with Gasteiger partial charge in [-0.15, -0.1) is 0 Å². The lowest BCUT2D eigenvalue weighted by molar-refractivity contribution is 0.177. The van der Waals surface area contributed by atoms with Crippen molar-refractivity contribution in [2.45, 2.75) is 25.9 Å². The molecule has 3 heteroatoms. The van der Waals surface area contributed by atoms with Crippen molar-refractivity contribution < 1.29 is 5.11 Å². The van der Waals surface area contributed by atoms with Gasteiger partial charge >= 0.3 is 0 Å². The third kappa shape index (κ3) is 3.11. The number of aromatic nitrogens is 2. The summed E-state index contributed by atoms with van der Waals surface area (Å²) in [5.74, 6) is 0. The van der Waals surface area contributed by atoms with Crippen LogP contribution in [0.5, 0.6) is 0 Å². The maximum atomic E-state index is 10.0. The van der Waals surface area contributed by atoms with Gasteiger partial charge in [-0.1, -0.05) is 13.0 Å². The lowest BCUT2D eigenvalue weighted by Crippen LogP contribution is -2.03. The van der Waals surface area contributed by atoms with Gasteiger partial charge in [0.05, 0.1) is 6.10 Å². The maximum absolute atomic E-state index is 10.0. The van der Waals surface area contributed by atoms with Gasteiger partial charge in [0.25, 0.3) is 0 Å². The summed E-state index contributed by atoms with van der Waals surface area (Å²) in [5, 5.41) is 10.0. The van der Waals surface area contributed by atoms with Gasteiger partial charge in [-0.25, -0.2) is 0 Å². The molecule has 2 aromatic heterocycles. The number of nitrogens with zero attached hydrogens (tertiary/aromatic N) is 2. The maximum Gasteiger partial charge on any atom is 0.0846 e. The first-order chi connectivity index (χ1) is 8.29. The summed E-state index contributed by atoms with van der Waals surface area (Å²) in [6.45, 7) is 2.10. The lowest BCUT2D eigenvalue weighted by Gasteiger charge is -2.10. The summed E-state index contributed by atoms with van der Waals surface area (Å²) in [6.07, 6.45) is 6.25. The number of hydrogen-bond acceptors (Lipinski definition) is 3. The third-order valence-electron chi connectivity index (χ3n) is 2.79. The van der Waals surface area contributed by atoms with Gasteiger partial charge in [0.15, 0.2) is 0 Å². The molecule has 2 aromatic rings. The Balaban J connectivity index is 2.05. The van der Waals surface area contributed by atoms with Gasteiger partial charge in [0, 0.05) is 30.7 Å². The van der Waals surface area contributed by atoms with Crippen LogP contribution < -0.4 is 0 Å². The van der Waals surface area contributed by atoms with E-state index >= 15 is 0 Å². The van der Waals surface area contributed by atoms with E-state index in [-0.39, 0.29) is 0 Å². The molecule has 0 bridgehead atoms. The van der Waals surface area contributed by atoms with Crippen LogP contribution in [0.4, 0.5) is 0 Å². The van der Waals surface area contributed by atoms with Crippen molar-refractivity contribution in [2.75, 3.05) is 0 Å². The highest BCUT2D eigenvalue weighted by molar-refractivity contribution is 5.18. The van der Waals surface area contributed by atoms with Crippen molar-refractivity contribution in [1.29, 1.82) is 0 Å². The number of aliphatic hydroxyl groups excluding tert-OH is 1. The molecule has 0 spiro atoms. The second-order valence-electron chi connectivity index (χ2n) is 4.01. The molecule has 0 aliphatic carbocycles. The first-order valence-corrected chi connectivity index (χ1v) is 5.81. The van der Waals surface area contributed by atoms with E-state index in [1.54, 1.807) is 12.4 Å². The van der Waals surface area contributed by atoms with E-state index in [0.717, 1.165) is 17.7 Å². The minimum Gasteiger partial charge on any atom is -0.388 e. The smallest absolute Gasteiger partial charge is 0.0846 e. The Kier molecular flexibility index (Phi) is 3.83. The molecule has 0 aliphatic heterocycles. The van der Waals surface area contributed by atoms with E-state index in [2.05, 4.69) is 23.0 Å². The van der Waals surface area contributed by atoms with E-state index in [1.807, 2.05) is 24.4 Å². The molecule has 0 aromatic carbocycles. The molecule has 88 valence electrons. The molecule has 0 fully saturated rings. The van der Waals surface area contributed by atoms with Crippen molar-refractivity contribution in [2.24, 2.45) is 0 Å². The second-order valence-corrected chi connectivity index (χ2v) is 4.01. The molecule has 1 atom stereocenters. The summed E-state index contributed by atoms with van der Waals surface area (Å²) in [4.78, 5) is 8.27. The molecule has 1 N–H and O–H groups in total. The summed E-state index contributed by atoms with van der Waals surface area (Å²) in [6, 6.07) is 7.68. The van der Waals surface area contributed by atoms with Gasteiger partial charge < -0.3 is 5.11 Å². The third-order valence-corrected chi connectivity index (χ3v) is 2.79. The number of aryl methyl sites for hydroxylation is 1. The predicted molar refractivity (Wildman–Crippen MR) is 66.5 cm³/mol. The molecular formula is C14H16N2O. The fourth-order valence-electron chi connectivity index (χ4n) is 1.69. The highest BCUT2D eigenvalue weighted by Gasteiger charge is 2.08. The number of aliphatic hydroxyl groups is 1. The van der Waals surface area contributed by atoms with Crippen molar-refractivity contribution in [3.63, 3.8) is 0 Å². The zero-order valence-electron chi connectivity index (χ0n) is 9.87. The largest absolute Gasteiger partial charge is 0.388 e. The van der Waals surface area contributed by atoms with Crippen LogP contribution >= 0.6 is 0 Å². The molecule has 17 heavy (non-hydrogen) atoms. The SMILES string of the molecule is CCc1ccc(CC(O)c2ccncc2)nc1. The van der Waals surface area contributed by atoms with Gasteiger partial charge in [0.2, 0.25) is 0 Å². The highest BCUT2D eigenvalue weighted by Crippen LogP contribution is 2.16. The van der Waals surface area contributed by atoms with Crippen LogP contribution in [0.15, 0.2) is 42.9 Å². The van der Waals surface area contributed by atoms with E-state index in [9.17, 15) is 5.11 Å². The van der Waals surface area contributed by atoms with Crippen LogP contribution in [0, 0.1) is 0 Å².